The number of benzene rings is 2. The molecule has 0 radical (unpaired) electrons. The standard InChI is InChI=1S/C22H23N3O4/c1-2-6-19(16-7-4-3-5-8-16)25-21(27)15-29-22(28)17-9-11-18(12-10-17)24-20(26)13-14-23/h3-5,7-12,19H,2,6,13,15H2,1H3,(H,24,26)(H,25,27)/t19-/m0/s1. The lowest BCUT2D eigenvalue weighted by atomic mass is 10.0. The van der Waals surface area contributed by atoms with Crippen LogP contribution in [0.4, 0.5) is 5.69 Å². The molecule has 0 saturated heterocycles. The van der Waals surface area contributed by atoms with Gasteiger partial charge in [0.2, 0.25) is 5.91 Å². The normalized spacial score (nSPS) is 11.0. The highest BCUT2D eigenvalue weighted by Gasteiger charge is 2.16. The second-order valence-corrected chi connectivity index (χ2v) is 6.36. The van der Waals surface area contributed by atoms with Gasteiger partial charge < -0.3 is 15.4 Å². The smallest absolute Gasteiger partial charge is 0.338 e. The van der Waals surface area contributed by atoms with Crippen molar-refractivity contribution in [2.24, 2.45) is 0 Å². The lowest BCUT2D eigenvalue weighted by Crippen LogP contribution is -2.32. The largest absolute Gasteiger partial charge is 0.452 e. The lowest BCUT2D eigenvalue weighted by Gasteiger charge is -2.18. The highest BCUT2D eigenvalue weighted by atomic mass is 16.5. The highest BCUT2D eigenvalue weighted by Crippen LogP contribution is 2.18. The van der Waals surface area contributed by atoms with Gasteiger partial charge in [0.15, 0.2) is 6.61 Å². The molecule has 7 nitrogen and oxygen atoms in total. The molecule has 0 bridgehead atoms. The Morgan fingerprint density at radius 2 is 1.72 bits per heavy atom. The maximum absolute atomic E-state index is 12.2. The fourth-order valence-corrected chi connectivity index (χ4v) is 2.71. The third kappa shape index (κ3) is 7.11. The first kappa shape index (κ1) is 21.6. The molecule has 0 aliphatic rings. The van der Waals surface area contributed by atoms with E-state index in [9.17, 15) is 14.4 Å². The van der Waals surface area contributed by atoms with E-state index < -0.39 is 11.9 Å². The van der Waals surface area contributed by atoms with Gasteiger partial charge >= 0.3 is 5.97 Å². The van der Waals surface area contributed by atoms with Crippen LogP contribution in [0.15, 0.2) is 54.6 Å². The molecular weight excluding hydrogens is 370 g/mol. The molecule has 0 saturated carbocycles. The Morgan fingerprint density at radius 3 is 2.34 bits per heavy atom. The van der Waals surface area contributed by atoms with Crippen molar-refractivity contribution >= 4 is 23.5 Å². The Hall–Kier alpha value is -3.66. The minimum Gasteiger partial charge on any atom is -0.452 e. The van der Waals surface area contributed by atoms with Crippen molar-refractivity contribution in [3.63, 3.8) is 0 Å². The van der Waals surface area contributed by atoms with Crippen LogP contribution < -0.4 is 10.6 Å². The number of carbonyl (C=O) groups excluding carboxylic acids is 3. The van der Waals surface area contributed by atoms with E-state index in [2.05, 4.69) is 10.6 Å². The molecule has 2 N–H and O–H groups in total. The fourth-order valence-electron chi connectivity index (χ4n) is 2.71. The van der Waals surface area contributed by atoms with E-state index in [1.54, 1.807) is 6.07 Å². The summed E-state index contributed by atoms with van der Waals surface area (Å²) >= 11 is 0. The first-order valence-corrected chi connectivity index (χ1v) is 9.31. The van der Waals surface area contributed by atoms with Crippen molar-refractivity contribution in [3.8, 4) is 6.07 Å². The summed E-state index contributed by atoms with van der Waals surface area (Å²) in [6.07, 6.45) is 1.43. The van der Waals surface area contributed by atoms with Gasteiger partial charge in [-0.15, -0.1) is 0 Å². The molecule has 2 aromatic carbocycles. The summed E-state index contributed by atoms with van der Waals surface area (Å²) in [6.45, 7) is 1.65. The third-order valence-electron chi connectivity index (χ3n) is 4.09. The van der Waals surface area contributed by atoms with Crippen LogP contribution in [0.2, 0.25) is 0 Å². The van der Waals surface area contributed by atoms with E-state index >= 15 is 0 Å². The van der Waals surface area contributed by atoms with Gasteiger partial charge in [-0.05, 0) is 36.2 Å². The number of carbonyl (C=O) groups is 3. The van der Waals surface area contributed by atoms with Crippen LogP contribution in [0.25, 0.3) is 0 Å². The molecule has 0 unspecified atom stereocenters. The van der Waals surface area contributed by atoms with Gasteiger partial charge in [-0.1, -0.05) is 43.7 Å². The second-order valence-electron chi connectivity index (χ2n) is 6.36. The first-order chi connectivity index (χ1) is 14.0. The lowest BCUT2D eigenvalue weighted by molar-refractivity contribution is -0.125. The van der Waals surface area contributed by atoms with Crippen molar-refractivity contribution in [1.82, 2.24) is 5.32 Å². The molecular formula is C22H23N3O4. The van der Waals surface area contributed by atoms with Crippen LogP contribution in [-0.4, -0.2) is 24.4 Å². The van der Waals surface area contributed by atoms with Crippen LogP contribution in [0.5, 0.6) is 0 Å². The summed E-state index contributed by atoms with van der Waals surface area (Å²) in [7, 11) is 0. The third-order valence-corrected chi connectivity index (χ3v) is 4.09. The first-order valence-electron chi connectivity index (χ1n) is 9.31. The predicted molar refractivity (Wildman–Crippen MR) is 108 cm³/mol. The van der Waals surface area contributed by atoms with Crippen molar-refractivity contribution in [3.05, 3.63) is 65.7 Å². The van der Waals surface area contributed by atoms with Gasteiger partial charge in [-0.3, -0.25) is 9.59 Å². The zero-order valence-corrected chi connectivity index (χ0v) is 16.2. The maximum atomic E-state index is 12.2. The van der Waals surface area contributed by atoms with Crippen LogP contribution in [0.3, 0.4) is 0 Å². The minimum atomic E-state index is -0.637. The molecule has 0 aromatic heterocycles. The number of nitriles is 1. The molecule has 2 aromatic rings. The van der Waals surface area contributed by atoms with Crippen LogP contribution in [0, 0.1) is 11.3 Å². The second kappa shape index (κ2) is 11.2. The van der Waals surface area contributed by atoms with E-state index in [1.165, 1.54) is 24.3 Å². The summed E-state index contributed by atoms with van der Waals surface area (Å²) in [5.41, 5.74) is 1.72. The topological polar surface area (TPSA) is 108 Å². The van der Waals surface area contributed by atoms with Crippen LogP contribution >= 0.6 is 0 Å². The van der Waals surface area contributed by atoms with Gasteiger partial charge in [0.05, 0.1) is 17.7 Å². The van der Waals surface area contributed by atoms with Gasteiger partial charge in [-0.2, -0.15) is 5.26 Å². The van der Waals surface area contributed by atoms with E-state index in [-0.39, 0.29) is 30.5 Å². The minimum absolute atomic E-state index is 0.135. The fraction of sp³-hybridized carbons (Fsp3) is 0.273. The average molecular weight is 393 g/mol. The number of anilines is 1. The summed E-state index contributed by atoms with van der Waals surface area (Å²) in [4.78, 5) is 35.7. The molecule has 2 rings (SSSR count). The molecule has 0 heterocycles. The van der Waals surface area contributed by atoms with Gasteiger partial charge in [0.25, 0.3) is 5.91 Å². The maximum Gasteiger partial charge on any atom is 0.338 e. The Kier molecular flexibility index (Phi) is 8.39. The quantitative estimate of drug-likeness (QED) is 0.635. The molecule has 7 heteroatoms. The Balaban J connectivity index is 1.86. The SMILES string of the molecule is CCC[C@H](NC(=O)COC(=O)c1ccc(NC(=O)CC#N)cc1)c1ccccc1. The van der Waals surface area contributed by atoms with Crippen molar-refractivity contribution in [1.29, 1.82) is 5.26 Å². The number of hydrogen-bond acceptors (Lipinski definition) is 5. The number of amides is 2. The van der Waals surface area contributed by atoms with Crippen molar-refractivity contribution in [2.45, 2.75) is 32.2 Å². The molecule has 1 atom stereocenters. The number of esters is 1. The molecule has 0 aliphatic heterocycles. The Morgan fingerprint density at radius 1 is 1.03 bits per heavy atom. The van der Waals surface area contributed by atoms with Crippen molar-refractivity contribution < 1.29 is 19.1 Å². The van der Waals surface area contributed by atoms with E-state index in [4.69, 9.17) is 10.00 Å². The zero-order valence-electron chi connectivity index (χ0n) is 16.2. The molecule has 2 amide bonds. The van der Waals surface area contributed by atoms with Gasteiger partial charge in [0, 0.05) is 5.69 Å². The van der Waals surface area contributed by atoms with E-state index in [0.29, 0.717) is 5.69 Å². The zero-order chi connectivity index (χ0) is 21.1. The summed E-state index contributed by atoms with van der Waals surface area (Å²) in [5, 5.41) is 13.9. The monoisotopic (exact) mass is 393 g/mol. The molecule has 0 spiro atoms. The number of ether oxygens (including phenoxy) is 1. The number of hydrogen-bond donors (Lipinski definition) is 2. The van der Waals surface area contributed by atoms with E-state index in [1.807, 2.05) is 37.3 Å². The molecule has 29 heavy (non-hydrogen) atoms. The van der Waals surface area contributed by atoms with Gasteiger partial charge in [-0.25, -0.2) is 4.79 Å². The van der Waals surface area contributed by atoms with Crippen LogP contribution in [-0.2, 0) is 14.3 Å². The van der Waals surface area contributed by atoms with Crippen LogP contribution in [0.1, 0.15) is 48.1 Å². The number of rotatable bonds is 9. The molecule has 0 fully saturated rings. The highest BCUT2D eigenvalue weighted by molar-refractivity contribution is 5.94. The molecule has 150 valence electrons. The predicted octanol–water partition coefficient (Wildman–Crippen LogP) is 3.35. The Labute approximate surface area is 169 Å². The summed E-state index contributed by atoms with van der Waals surface area (Å²) in [5.74, 6) is -1.44. The average Bonchev–Trinajstić information content (AvgIpc) is 2.73. The summed E-state index contributed by atoms with van der Waals surface area (Å²) in [6, 6.07) is 17.3. The van der Waals surface area contributed by atoms with Gasteiger partial charge in [0.1, 0.15) is 6.42 Å². The van der Waals surface area contributed by atoms with E-state index in [0.717, 1.165) is 18.4 Å². The Bertz CT molecular complexity index is 873. The van der Waals surface area contributed by atoms with Crippen molar-refractivity contribution in [2.75, 3.05) is 11.9 Å². The number of nitrogens with zero attached hydrogens (tertiary/aromatic N) is 1. The number of nitrogens with one attached hydrogen (secondary N) is 2. The molecule has 0 aliphatic carbocycles. The summed E-state index contributed by atoms with van der Waals surface area (Å²) < 4.78 is 5.08.